The molecule has 0 spiro atoms. The van der Waals surface area contributed by atoms with Crippen LogP contribution in [-0.4, -0.2) is 11.5 Å². The van der Waals surface area contributed by atoms with Gasteiger partial charge in [0.15, 0.2) is 0 Å². The number of benzene rings is 1. The second-order valence-corrected chi connectivity index (χ2v) is 5.11. The molecule has 1 aromatic carbocycles. The molecule has 0 radical (unpaired) electrons. The molecular weight excluding hydrogens is 300 g/mol. The molecule has 0 aliphatic rings. The third-order valence-corrected chi connectivity index (χ3v) is 3.57. The Morgan fingerprint density at radius 1 is 1.41 bits per heavy atom. The summed E-state index contributed by atoms with van der Waals surface area (Å²) in [7, 11) is 0. The number of ether oxygens (including phenoxy) is 1. The van der Waals surface area contributed by atoms with Gasteiger partial charge < -0.3 is 10.5 Å². The van der Waals surface area contributed by atoms with Gasteiger partial charge in [-0.15, -0.1) is 11.3 Å². The molecule has 0 saturated carbocycles. The van der Waals surface area contributed by atoms with Gasteiger partial charge in [0, 0.05) is 5.38 Å². The fraction of sp³-hybridized carbons (Fsp3) is 0.250. The van der Waals surface area contributed by atoms with Gasteiger partial charge in [-0.3, -0.25) is 0 Å². The second kappa shape index (κ2) is 6.14. The Morgan fingerprint density at radius 3 is 3.00 bits per heavy atom. The maximum atomic E-state index is 5.81. The summed E-state index contributed by atoms with van der Waals surface area (Å²) in [6, 6.07) is 6.00. The zero-order valence-corrected chi connectivity index (χ0v) is 11.6. The Bertz CT molecular complexity index is 473. The maximum absolute atomic E-state index is 5.81. The number of halogens is 1. The smallest absolute Gasteiger partial charge is 0.137 e. The van der Waals surface area contributed by atoms with Crippen molar-refractivity contribution < 1.29 is 4.74 Å². The maximum Gasteiger partial charge on any atom is 0.137 e. The highest BCUT2D eigenvalue weighted by atomic mass is 79.9. The first-order valence-electron chi connectivity index (χ1n) is 5.28. The normalized spacial score (nSPS) is 10.5. The molecular formula is C12H13BrN2OS. The van der Waals surface area contributed by atoms with Crippen molar-refractivity contribution >= 4 is 27.3 Å². The van der Waals surface area contributed by atoms with Crippen molar-refractivity contribution in [1.82, 2.24) is 4.98 Å². The number of hydrogen-bond acceptors (Lipinski definition) is 4. The first-order valence-corrected chi connectivity index (χ1v) is 7.02. The summed E-state index contributed by atoms with van der Waals surface area (Å²) in [6.45, 7) is 1.10. The number of nitrogens with zero attached hydrogens (tertiary/aromatic N) is 1. The molecule has 1 aromatic heterocycles. The lowest BCUT2D eigenvalue weighted by Gasteiger charge is -2.11. The Hall–Kier alpha value is -0.910. The van der Waals surface area contributed by atoms with Crippen molar-refractivity contribution in [3.63, 3.8) is 0 Å². The number of para-hydroxylation sites is 1. The van der Waals surface area contributed by atoms with Crippen molar-refractivity contribution in [2.45, 2.75) is 13.0 Å². The molecule has 2 aromatic rings. The first-order chi connectivity index (χ1) is 8.31. The van der Waals surface area contributed by atoms with Gasteiger partial charge in [0.25, 0.3) is 0 Å². The average Bonchev–Trinajstić information content (AvgIpc) is 2.82. The quantitative estimate of drug-likeness (QED) is 0.923. The molecule has 17 heavy (non-hydrogen) atoms. The monoisotopic (exact) mass is 312 g/mol. The van der Waals surface area contributed by atoms with E-state index in [4.69, 9.17) is 10.5 Å². The molecule has 0 saturated heterocycles. The van der Waals surface area contributed by atoms with Gasteiger partial charge in [-0.25, -0.2) is 4.98 Å². The largest absolute Gasteiger partial charge is 0.486 e. The summed E-state index contributed by atoms with van der Waals surface area (Å²) in [5.41, 5.74) is 9.46. The van der Waals surface area contributed by atoms with E-state index in [1.807, 2.05) is 23.6 Å². The van der Waals surface area contributed by atoms with Crippen LogP contribution >= 0.6 is 27.3 Å². The van der Waals surface area contributed by atoms with Crippen LogP contribution in [0.3, 0.4) is 0 Å². The lowest BCUT2D eigenvalue weighted by atomic mass is 10.1. The van der Waals surface area contributed by atoms with Crippen LogP contribution in [0.1, 0.15) is 11.3 Å². The number of hydrogen-bond donors (Lipinski definition) is 1. The Labute approximate surface area is 113 Å². The summed E-state index contributed by atoms with van der Waals surface area (Å²) < 4.78 is 6.76. The average molecular weight is 313 g/mol. The van der Waals surface area contributed by atoms with Crippen LogP contribution in [0, 0.1) is 0 Å². The van der Waals surface area contributed by atoms with Crippen LogP contribution < -0.4 is 10.5 Å². The predicted octanol–water partition coefficient (Wildman–Crippen LogP) is 2.99. The summed E-state index contributed by atoms with van der Waals surface area (Å²) >= 11 is 5.07. The highest BCUT2D eigenvalue weighted by molar-refractivity contribution is 9.10. The number of thiazole rings is 1. The third-order valence-electron chi connectivity index (χ3n) is 2.31. The van der Waals surface area contributed by atoms with Crippen LogP contribution in [0.4, 0.5) is 0 Å². The topological polar surface area (TPSA) is 48.1 Å². The molecule has 1 heterocycles. The number of rotatable bonds is 5. The van der Waals surface area contributed by atoms with E-state index in [9.17, 15) is 0 Å². The standard InChI is InChI=1S/C12H13BrN2OS/c13-11-3-1-2-9(4-5-14)12(11)16-6-10-7-17-8-15-10/h1-3,7-8H,4-6,14H2. The fourth-order valence-corrected chi connectivity index (χ4v) is 2.59. The highest BCUT2D eigenvalue weighted by Gasteiger charge is 2.08. The molecule has 0 atom stereocenters. The van der Waals surface area contributed by atoms with E-state index in [1.54, 1.807) is 16.8 Å². The van der Waals surface area contributed by atoms with E-state index >= 15 is 0 Å². The van der Waals surface area contributed by atoms with Crippen LogP contribution in [-0.2, 0) is 13.0 Å². The lowest BCUT2D eigenvalue weighted by Crippen LogP contribution is -2.06. The van der Waals surface area contributed by atoms with Gasteiger partial charge in [-0.1, -0.05) is 12.1 Å². The van der Waals surface area contributed by atoms with E-state index in [2.05, 4.69) is 20.9 Å². The number of nitrogens with two attached hydrogens (primary N) is 1. The summed E-state index contributed by atoms with van der Waals surface area (Å²) in [6.07, 6.45) is 0.811. The van der Waals surface area contributed by atoms with Crippen LogP contribution in [0.2, 0.25) is 0 Å². The molecule has 90 valence electrons. The molecule has 0 aliphatic heterocycles. The zero-order chi connectivity index (χ0) is 12.1. The third kappa shape index (κ3) is 3.28. The van der Waals surface area contributed by atoms with Crippen molar-refractivity contribution in [1.29, 1.82) is 0 Å². The molecule has 2 N–H and O–H groups in total. The lowest BCUT2D eigenvalue weighted by molar-refractivity contribution is 0.297. The molecule has 5 heteroatoms. The molecule has 3 nitrogen and oxygen atoms in total. The van der Waals surface area contributed by atoms with E-state index < -0.39 is 0 Å². The molecule has 0 amide bonds. The van der Waals surface area contributed by atoms with Gasteiger partial charge >= 0.3 is 0 Å². The molecule has 2 rings (SSSR count). The van der Waals surface area contributed by atoms with Gasteiger partial charge in [-0.2, -0.15) is 0 Å². The van der Waals surface area contributed by atoms with Gasteiger partial charge in [0.2, 0.25) is 0 Å². The minimum Gasteiger partial charge on any atom is -0.486 e. The van der Waals surface area contributed by atoms with Crippen molar-refractivity contribution in [2.24, 2.45) is 5.73 Å². The van der Waals surface area contributed by atoms with Crippen LogP contribution in [0.25, 0.3) is 0 Å². The molecule has 0 aliphatic carbocycles. The number of aromatic nitrogens is 1. The summed E-state index contributed by atoms with van der Waals surface area (Å²) in [5.74, 6) is 0.867. The van der Waals surface area contributed by atoms with Crippen LogP contribution in [0.5, 0.6) is 5.75 Å². The molecule has 0 fully saturated rings. The molecule has 0 unspecified atom stereocenters. The van der Waals surface area contributed by atoms with Gasteiger partial charge in [-0.05, 0) is 40.5 Å². The van der Waals surface area contributed by atoms with Crippen LogP contribution in [0.15, 0.2) is 33.6 Å². The van der Waals surface area contributed by atoms with E-state index in [-0.39, 0.29) is 0 Å². The predicted molar refractivity (Wildman–Crippen MR) is 73.3 cm³/mol. The van der Waals surface area contributed by atoms with Crippen molar-refractivity contribution in [3.8, 4) is 5.75 Å². The Balaban J connectivity index is 2.13. The van der Waals surface area contributed by atoms with E-state index in [1.165, 1.54) is 0 Å². The Kier molecular flexibility index (Phi) is 4.53. The first kappa shape index (κ1) is 12.5. The zero-order valence-electron chi connectivity index (χ0n) is 9.23. The fourth-order valence-electron chi connectivity index (χ4n) is 1.52. The molecule has 0 bridgehead atoms. The Morgan fingerprint density at radius 2 is 2.29 bits per heavy atom. The second-order valence-electron chi connectivity index (χ2n) is 3.54. The minimum atomic E-state index is 0.490. The van der Waals surface area contributed by atoms with E-state index in [0.717, 1.165) is 27.9 Å². The van der Waals surface area contributed by atoms with Crippen molar-refractivity contribution in [3.05, 3.63) is 44.8 Å². The van der Waals surface area contributed by atoms with Gasteiger partial charge in [0.05, 0.1) is 15.7 Å². The SMILES string of the molecule is NCCc1cccc(Br)c1OCc1cscn1. The van der Waals surface area contributed by atoms with E-state index in [0.29, 0.717) is 13.2 Å². The summed E-state index contributed by atoms with van der Waals surface area (Å²) in [5, 5.41) is 1.99. The summed E-state index contributed by atoms with van der Waals surface area (Å²) in [4.78, 5) is 4.19. The minimum absolute atomic E-state index is 0.490. The van der Waals surface area contributed by atoms with Gasteiger partial charge in [0.1, 0.15) is 12.4 Å². The van der Waals surface area contributed by atoms with Crippen molar-refractivity contribution in [2.75, 3.05) is 6.54 Å². The highest BCUT2D eigenvalue weighted by Crippen LogP contribution is 2.30.